The maximum atomic E-state index is 11.7. The van der Waals surface area contributed by atoms with Gasteiger partial charge >= 0.3 is 12.1 Å². The summed E-state index contributed by atoms with van der Waals surface area (Å²) in [5, 5.41) is 18.4. The second-order valence-corrected chi connectivity index (χ2v) is 5.51. The Morgan fingerprint density at radius 2 is 1.95 bits per heavy atom. The first-order chi connectivity index (χ1) is 8.51. The van der Waals surface area contributed by atoms with E-state index in [1.807, 2.05) is 0 Å². The van der Waals surface area contributed by atoms with E-state index in [-0.39, 0.29) is 6.42 Å². The van der Waals surface area contributed by atoms with Gasteiger partial charge in [0, 0.05) is 12.6 Å². The molecule has 1 unspecified atom stereocenters. The molecular formula is C12H18N2O5. The standard InChI is InChI=1S/C12H18N2O5/c1-11(2,3)19-10(17)14-6-8(13-7-14)5-12(4,18)9(15)16/h6-7,18H,5H2,1-4H3,(H,15,16). The third-order valence-electron chi connectivity index (χ3n) is 2.23. The van der Waals surface area contributed by atoms with Crippen LogP contribution in [0.2, 0.25) is 0 Å². The van der Waals surface area contributed by atoms with E-state index < -0.39 is 23.3 Å². The number of hydrogen-bond donors (Lipinski definition) is 2. The second-order valence-electron chi connectivity index (χ2n) is 5.51. The first-order valence-electron chi connectivity index (χ1n) is 5.73. The fourth-order valence-corrected chi connectivity index (χ4v) is 1.30. The zero-order valence-corrected chi connectivity index (χ0v) is 11.4. The van der Waals surface area contributed by atoms with Crippen molar-refractivity contribution in [2.45, 2.75) is 45.3 Å². The molecule has 1 aromatic rings. The Hall–Kier alpha value is -1.89. The number of aliphatic hydroxyl groups is 1. The van der Waals surface area contributed by atoms with Gasteiger partial charge in [-0.3, -0.25) is 0 Å². The molecule has 1 heterocycles. The summed E-state index contributed by atoms with van der Waals surface area (Å²) in [7, 11) is 0. The van der Waals surface area contributed by atoms with Crippen molar-refractivity contribution in [2.75, 3.05) is 0 Å². The Balaban J connectivity index is 2.78. The molecule has 0 aliphatic heterocycles. The maximum Gasteiger partial charge on any atom is 0.419 e. The molecule has 0 bridgehead atoms. The quantitative estimate of drug-likeness (QED) is 0.851. The molecule has 0 fully saturated rings. The molecule has 106 valence electrons. The lowest BCUT2D eigenvalue weighted by molar-refractivity contribution is -0.156. The molecule has 19 heavy (non-hydrogen) atoms. The Labute approximate surface area is 110 Å². The highest BCUT2D eigenvalue weighted by atomic mass is 16.6. The Bertz CT molecular complexity index is 485. The molecule has 7 nitrogen and oxygen atoms in total. The molecule has 0 aliphatic rings. The van der Waals surface area contributed by atoms with E-state index in [1.165, 1.54) is 19.4 Å². The molecule has 2 N–H and O–H groups in total. The lowest BCUT2D eigenvalue weighted by Gasteiger charge is -2.19. The molecule has 0 amide bonds. The topological polar surface area (TPSA) is 102 Å². The highest BCUT2D eigenvalue weighted by molar-refractivity contribution is 5.77. The molecule has 1 aromatic heterocycles. The van der Waals surface area contributed by atoms with Crippen LogP contribution in [0, 0.1) is 0 Å². The summed E-state index contributed by atoms with van der Waals surface area (Å²) >= 11 is 0. The maximum absolute atomic E-state index is 11.7. The second kappa shape index (κ2) is 5.00. The number of nitrogens with zero attached hydrogens (tertiary/aromatic N) is 2. The molecule has 0 aromatic carbocycles. The fraction of sp³-hybridized carbons (Fsp3) is 0.583. The third-order valence-corrected chi connectivity index (χ3v) is 2.23. The number of aliphatic carboxylic acids is 1. The summed E-state index contributed by atoms with van der Waals surface area (Å²) in [6.45, 7) is 6.37. The van der Waals surface area contributed by atoms with E-state index >= 15 is 0 Å². The van der Waals surface area contributed by atoms with Crippen molar-refractivity contribution in [2.24, 2.45) is 0 Å². The van der Waals surface area contributed by atoms with Gasteiger partial charge in [0.05, 0.1) is 5.69 Å². The zero-order chi connectivity index (χ0) is 14.8. The van der Waals surface area contributed by atoms with Crippen molar-refractivity contribution in [1.82, 2.24) is 9.55 Å². The molecule has 0 spiro atoms. The summed E-state index contributed by atoms with van der Waals surface area (Å²) in [5.74, 6) is -1.35. The Kier molecular flexibility index (Phi) is 4.00. The van der Waals surface area contributed by atoms with Crippen LogP contribution in [0.25, 0.3) is 0 Å². The number of carbonyl (C=O) groups is 2. The number of carboxylic acids is 1. The van der Waals surface area contributed by atoms with E-state index in [0.717, 1.165) is 4.57 Å². The first kappa shape index (κ1) is 15.2. The van der Waals surface area contributed by atoms with Gasteiger partial charge in [0.25, 0.3) is 0 Å². The summed E-state index contributed by atoms with van der Waals surface area (Å²) in [4.78, 5) is 26.3. The van der Waals surface area contributed by atoms with Gasteiger partial charge in [0.2, 0.25) is 0 Å². The number of carbonyl (C=O) groups excluding carboxylic acids is 1. The fourth-order valence-electron chi connectivity index (χ4n) is 1.30. The van der Waals surface area contributed by atoms with Gasteiger partial charge in [-0.1, -0.05) is 0 Å². The summed E-state index contributed by atoms with van der Waals surface area (Å²) < 4.78 is 6.23. The highest BCUT2D eigenvalue weighted by Gasteiger charge is 2.31. The Morgan fingerprint density at radius 3 is 2.42 bits per heavy atom. The van der Waals surface area contributed by atoms with Crippen LogP contribution >= 0.6 is 0 Å². The molecular weight excluding hydrogens is 252 g/mol. The van der Waals surface area contributed by atoms with Crippen LogP contribution in [-0.2, 0) is 16.0 Å². The van der Waals surface area contributed by atoms with E-state index in [0.29, 0.717) is 5.69 Å². The first-order valence-corrected chi connectivity index (χ1v) is 5.73. The smallest absolute Gasteiger partial charge is 0.419 e. The molecule has 0 radical (unpaired) electrons. The third kappa shape index (κ3) is 4.36. The molecule has 0 saturated heterocycles. The molecule has 1 rings (SSSR count). The van der Waals surface area contributed by atoms with Crippen molar-refractivity contribution in [3.8, 4) is 0 Å². The van der Waals surface area contributed by atoms with Gasteiger partial charge in [0.15, 0.2) is 5.60 Å². The predicted octanol–water partition coefficient (Wildman–Crippen LogP) is 1.04. The van der Waals surface area contributed by atoms with Crippen molar-refractivity contribution >= 4 is 12.1 Å². The van der Waals surface area contributed by atoms with Crippen molar-refractivity contribution in [3.05, 3.63) is 18.2 Å². The normalized spacial score (nSPS) is 14.8. The van der Waals surface area contributed by atoms with Gasteiger partial charge in [-0.2, -0.15) is 0 Å². The van der Waals surface area contributed by atoms with Crippen LogP contribution in [0.5, 0.6) is 0 Å². The number of carboxylic acid groups (broad SMARTS) is 1. The molecule has 0 aliphatic carbocycles. The van der Waals surface area contributed by atoms with E-state index in [9.17, 15) is 14.7 Å². The van der Waals surface area contributed by atoms with Gasteiger partial charge in [-0.15, -0.1) is 0 Å². The number of aromatic nitrogens is 2. The van der Waals surface area contributed by atoms with Crippen LogP contribution in [-0.4, -0.2) is 43.0 Å². The molecule has 7 heteroatoms. The summed E-state index contributed by atoms with van der Waals surface area (Å²) in [6.07, 6.45) is 1.76. The lowest BCUT2D eigenvalue weighted by Crippen LogP contribution is -2.37. The average molecular weight is 270 g/mol. The van der Waals surface area contributed by atoms with Crippen LogP contribution in [0.3, 0.4) is 0 Å². The number of rotatable bonds is 3. The van der Waals surface area contributed by atoms with Gasteiger partial charge in [-0.25, -0.2) is 19.1 Å². The largest absolute Gasteiger partial charge is 0.479 e. The average Bonchev–Trinajstić information content (AvgIpc) is 2.62. The van der Waals surface area contributed by atoms with E-state index in [2.05, 4.69) is 4.98 Å². The minimum Gasteiger partial charge on any atom is -0.479 e. The van der Waals surface area contributed by atoms with Crippen molar-refractivity contribution in [1.29, 1.82) is 0 Å². The lowest BCUT2D eigenvalue weighted by atomic mass is 10.0. The zero-order valence-electron chi connectivity index (χ0n) is 11.4. The Morgan fingerprint density at radius 1 is 1.37 bits per heavy atom. The highest BCUT2D eigenvalue weighted by Crippen LogP contribution is 2.13. The summed E-state index contributed by atoms with van der Waals surface area (Å²) in [6, 6.07) is 0. The minimum atomic E-state index is -1.92. The minimum absolute atomic E-state index is 0.196. The molecule has 1 atom stereocenters. The number of ether oxygens (including phenoxy) is 1. The van der Waals surface area contributed by atoms with Gasteiger partial charge < -0.3 is 14.9 Å². The summed E-state index contributed by atoms with van der Waals surface area (Å²) in [5.41, 5.74) is -2.26. The van der Waals surface area contributed by atoms with Crippen LogP contribution in [0.15, 0.2) is 12.5 Å². The van der Waals surface area contributed by atoms with Crippen LogP contribution < -0.4 is 0 Å². The molecule has 0 saturated carbocycles. The van der Waals surface area contributed by atoms with Crippen LogP contribution in [0.1, 0.15) is 33.4 Å². The SMILES string of the molecule is CC(C)(C)OC(=O)n1cnc(CC(C)(O)C(=O)O)c1. The monoisotopic (exact) mass is 270 g/mol. The van der Waals surface area contributed by atoms with Gasteiger partial charge in [0.1, 0.15) is 11.9 Å². The number of hydrogen-bond acceptors (Lipinski definition) is 5. The van der Waals surface area contributed by atoms with Gasteiger partial charge in [-0.05, 0) is 27.7 Å². The van der Waals surface area contributed by atoms with E-state index in [4.69, 9.17) is 9.84 Å². The van der Waals surface area contributed by atoms with E-state index in [1.54, 1.807) is 20.8 Å². The van der Waals surface area contributed by atoms with Crippen molar-refractivity contribution in [3.63, 3.8) is 0 Å². The number of imidazole rings is 1. The predicted molar refractivity (Wildman–Crippen MR) is 65.8 cm³/mol. The van der Waals surface area contributed by atoms with Crippen molar-refractivity contribution < 1.29 is 24.5 Å². The van der Waals surface area contributed by atoms with Crippen LogP contribution in [0.4, 0.5) is 4.79 Å².